The van der Waals surface area contributed by atoms with Gasteiger partial charge in [0.25, 0.3) is 0 Å². The van der Waals surface area contributed by atoms with Crippen molar-refractivity contribution >= 4 is 37.7 Å². The van der Waals surface area contributed by atoms with Crippen LogP contribution in [0.2, 0.25) is 0 Å². The summed E-state index contributed by atoms with van der Waals surface area (Å²) in [5.41, 5.74) is 2.14. The lowest BCUT2D eigenvalue weighted by Crippen LogP contribution is -1.86. The highest BCUT2D eigenvalue weighted by Gasteiger charge is 2.10. The van der Waals surface area contributed by atoms with Gasteiger partial charge in [0.1, 0.15) is 5.75 Å². The van der Waals surface area contributed by atoms with Gasteiger partial charge in [-0.15, -0.1) is 0 Å². The molecule has 16 heavy (non-hydrogen) atoms. The molecule has 4 heteroatoms. The van der Waals surface area contributed by atoms with Gasteiger partial charge in [0.15, 0.2) is 0 Å². The molecular weight excluding hydrogens is 268 g/mol. The fraction of sp³-hybridized carbons (Fsp3) is 0.0833. The van der Waals surface area contributed by atoms with Crippen molar-refractivity contribution in [2.75, 3.05) is 0 Å². The molecule has 0 aliphatic carbocycles. The first kappa shape index (κ1) is 9.66. The Balaban J connectivity index is 2.62. The van der Waals surface area contributed by atoms with Crippen LogP contribution in [0.4, 0.5) is 0 Å². The molecule has 0 atom stereocenters. The number of nitrogens with zero attached hydrogens (tertiary/aromatic N) is 2. The number of fused-ring (bicyclic) bond motifs is 3. The maximum atomic E-state index is 9.71. The maximum Gasteiger partial charge on any atom is 0.130 e. The van der Waals surface area contributed by atoms with Gasteiger partial charge in [-0.05, 0) is 34.1 Å². The van der Waals surface area contributed by atoms with Crippen LogP contribution < -0.4 is 0 Å². The van der Waals surface area contributed by atoms with Crippen LogP contribution in [0.15, 0.2) is 35.1 Å². The lowest BCUT2D eigenvalue weighted by atomic mass is 10.2. The van der Waals surface area contributed by atoms with Crippen molar-refractivity contribution in [1.29, 1.82) is 0 Å². The molecule has 3 rings (SSSR count). The summed E-state index contributed by atoms with van der Waals surface area (Å²) in [6.07, 6.45) is 3.60. The fourth-order valence-electron chi connectivity index (χ4n) is 2.06. The first-order valence-electron chi connectivity index (χ1n) is 4.89. The lowest BCUT2D eigenvalue weighted by molar-refractivity contribution is 0.473. The molecule has 3 aromatic rings. The number of hydrogen-bond acceptors (Lipinski definition) is 2. The molecule has 0 spiro atoms. The van der Waals surface area contributed by atoms with Crippen LogP contribution in [0.1, 0.15) is 0 Å². The van der Waals surface area contributed by atoms with Crippen molar-refractivity contribution in [3.05, 3.63) is 35.1 Å². The summed E-state index contributed by atoms with van der Waals surface area (Å²) in [5.74, 6) is 0.261. The monoisotopic (exact) mass is 276 g/mol. The molecule has 1 aromatic carbocycles. The van der Waals surface area contributed by atoms with Gasteiger partial charge in [0.2, 0.25) is 0 Å². The van der Waals surface area contributed by atoms with Crippen molar-refractivity contribution in [2.45, 2.75) is 0 Å². The average Bonchev–Trinajstić information content (AvgIpc) is 2.55. The molecule has 0 aliphatic heterocycles. The molecule has 0 aliphatic rings. The van der Waals surface area contributed by atoms with E-state index in [1.807, 2.05) is 25.4 Å². The van der Waals surface area contributed by atoms with E-state index in [-0.39, 0.29) is 5.75 Å². The molecule has 0 fully saturated rings. The standard InChI is InChI=1S/C12H9BrN2O/c1-15-10-5-9(13)12(16)4-8(10)7-2-3-14-6-11(7)15/h2-6,16H,1H3. The summed E-state index contributed by atoms with van der Waals surface area (Å²) < 4.78 is 2.78. The Morgan fingerprint density at radius 1 is 1.25 bits per heavy atom. The number of hydrogen-bond donors (Lipinski definition) is 1. The van der Waals surface area contributed by atoms with Crippen LogP contribution in [-0.2, 0) is 7.05 Å². The minimum Gasteiger partial charge on any atom is -0.507 e. The van der Waals surface area contributed by atoms with E-state index in [1.54, 1.807) is 12.3 Å². The summed E-state index contributed by atoms with van der Waals surface area (Å²) in [4.78, 5) is 4.12. The highest BCUT2D eigenvalue weighted by atomic mass is 79.9. The van der Waals surface area contributed by atoms with E-state index in [1.165, 1.54) is 0 Å². The number of pyridine rings is 1. The first-order valence-corrected chi connectivity index (χ1v) is 5.68. The number of aryl methyl sites for hydroxylation is 1. The first-order chi connectivity index (χ1) is 7.68. The summed E-state index contributed by atoms with van der Waals surface area (Å²) in [5, 5.41) is 11.9. The highest BCUT2D eigenvalue weighted by molar-refractivity contribution is 9.10. The number of aromatic hydroxyl groups is 1. The van der Waals surface area contributed by atoms with Crippen molar-refractivity contribution in [2.24, 2.45) is 7.05 Å². The van der Waals surface area contributed by atoms with Gasteiger partial charge in [-0.25, -0.2) is 0 Å². The molecule has 0 unspecified atom stereocenters. The topological polar surface area (TPSA) is 38.0 Å². The van der Waals surface area contributed by atoms with E-state index in [9.17, 15) is 5.11 Å². The number of benzene rings is 1. The number of rotatable bonds is 0. The smallest absolute Gasteiger partial charge is 0.130 e. The Labute approximate surface area is 100 Å². The maximum absolute atomic E-state index is 9.71. The van der Waals surface area contributed by atoms with Crippen LogP contribution in [0.25, 0.3) is 21.8 Å². The summed E-state index contributed by atoms with van der Waals surface area (Å²) in [7, 11) is 2.00. The number of phenolic OH excluding ortho intramolecular Hbond substituents is 1. The molecule has 0 saturated heterocycles. The van der Waals surface area contributed by atoms with Gasteiger partial charge in [0.05, 0.1) is 21.7 Å². The van der Waals surface area contributed by atoms with Crippen molar-refractivity contribution in [3.8, 4) is 5.75 Å². The molecule has 2 heterocycles. The molecule has 0 radical (unpaired) electrons. The zero-order valence-electron chi connectivity index (χ0n) is 8.61. The SMILES string of the molecule is Cn1c2cnccc2c2cc(O)c(Br)cc21. The lowest BCUT2D eigenvalue weighted by Gasteiger charge is -1.99. The van der Waals surface area contributed by atoms with Gasteiger partial charge in [-0.2, -0.15) is 0 Å². The largest absolute Gasteiger partial charge is 0.507 e. The van der Waals surface area contributed by atoms with Gasteiger partial charge in [0, 0.05) is 24.0 Å². The zero-order valence-corrected chi connectivity index (χ0v) is 10.2. The Morgan fingerprint density at radius 3 is 2.88 bits per heavy atom. The third-order valence-electron chi connectivity index (χ3n) is 2.88. The summed E-state index contributed by atoms with van der Waals surface area (Å²) >= 11 is 3.33. The quantitative estimate of drug-likeness (QED) is 0.685. The van der Waals surface area contributed by atoms with E-state index < -0.39 is 0 Å². The second kappa shape index (κ2) is 3.22. The number of phenols is 1. The minimum absolute atomic E-state index is 0.261. The predicted molar refractivity (Wildman–Crippen MR) is 67.6 cm³/mol. The van der Waals surface area contributed by atoms with Gasteiger partial charge >= 0.3 is 0 Å². The summed E-state index contributed by atoms with van der Waals surface area (Å²) in [6, 6.07) is 5.66. The van der Waals surface area contributed by atoms with Gasteiger partial charge in [-0.3, -0.25) is 4.98 Å². The molecular formula is C12H9BrN2O. The Bertz CT molecular complexity index is 703. The molecule has 0 bridgehead atoms. The van der Waals surface area contributed by atoms with E-state index >= 15 is 0 Å². The Kier molecular flexibility index (Phi) is 1.94. The van der Waals surface area contributed by atoms with E-state index in [0.29, 0.717) is 4.47 Å². The van der Waals surface area contributed by atoms with E-state index in [2.05, 4.69) is 25.5 Å². The summed E-state index contributed by atoms with van der Waals surface area (Å²) in [6.45, 7) is 0. The highest BCUT2D eigenvalue weighted by Crippen LogP contribution is 2.34. The van der Waals surface area contributed by atoms with Gasteiger partial charge < -0.3 is 9.67 Å². The molecule has 2 aromatic heterocycles. The zero-order chi connectivity index (χ0) is 11.3. The van der Waals surface area contributed by atoms with Crippen molar-refractivity contribution in [1.82, 2.24) is 9.55 Å². The molecule has 0 amide bonds. The van der Waals surface area contributed by atoms with Crippen LogP contribution in [0.3, 0.4) is 0 Å². The molecule has 1 N–H and O–H groups in total. The Morgan fingerprint density at radius 2 is 2.06 bits per heavy atom. The number of halogens is 1. The normalized spacial score (nSPS) is 11.4. The second-order valence-corrected chi connectivity index (χ2v) is 4.63. The van der Waals surface area contributed by atoms with E-state index in [4.69, 9.17) is 0 Å². The minimum atomic E-state index is 0.261. The van der Waals surface area contributed by atoms with Crippen molar-refractivity contribution < 1.29 is 5.11 Å². The molecule has 80 valence electrons. The van der Waals surface area contributed by atoms with Crippen molar-refractivity contribution in [3.63, 3.8) is 0 Å². The average molecular weight is 277 g/mol. The van der Waals surface area contributed by atoms with Crippen LogP contribution >= 0.6 is 15.9 Å². The Hall–Kier alpha value is -1.55. The predicted octanol–water partition coefficient (Wildman–Crippen LogP) is 3.19. The van der Waals surface area contributed by atoms with E-state index in [0.717, 1.165) is 21.8 Å². The third-order valence-corrected chi connectivity index (χ3v) is 3.51. The number of aromatic nitrogens is 2. The van der Waals surface area contributed by atoms with Gasteiger partial charge in [-0.1, -0.05) is 0 Å². The fourth-order valence-corrected chi connectivity index (χ4v) is 2.39. The van der Waals surface area contributed by atoms with Crippen LogP contribution in [0.5, 0.6) is 5.75 Å². The van der Waals surface area contributed by atoms with Crippen LogP contribution in [-0.4, -0.2) is 14.7 Å². The second-order valence-electron chi connectivity index (χ2n) is 3.77. The molecule has 3 nitrogen and oxygen atoms in total. The molecule has 0 saturated carbocycles. The third kappa shape index (κ3) is 1.16. The van der Waals surface area contributed by atoms with Crippen LogP contribution in [0, 0.1) is 0 Å².